The first-order chi connectivity index (χ1) is 25.9. The Morgan fingerprint density at radius 1 is 0.308 bits per heavy atom. The van der Waals surface area contributed by atoms with Crippen molar-refractivity contribution in [3.05, 3.63) is 0 Å². The third-order valence-electron chi connectivity index (χ3n) is 8.61. The second-order valence-corrected chi connectivity index (χ2v) is 13.2. The molecule has 12 heteroatoms. The predicted molar refractivity (Wildman–Crippen MR) is 206 cm³/mol. The van der Waals surface area contributed by atoms with E-state index < -0.39 is 0 Å². The van der Waals surface area contributed by atoms with E-state index >= 15 is 0 Å². The molecular weight excluding hydrogens is 670 g/mol. The topological polar surface area (TPSA) is 114 Å². The normalized spacial score (nSPS) is 13.8. The van der Waals surface area contributed by atoms with Crippen molar-refractivity contribution >= 4 is 0 Å². The molecule has 312 valence electrons. The Balaban J connectivity index is 1.59. The third-order valence-corrected chi connectivity index (χ3v) is 8.61. The third kappa shape index (κ3) is 40.7. The first kappa shape index (κ1) is 49.5. The van der Waals surface area contributed by atoms with E-state index in [-0.39, 0.29) is 0 Å². The van der Waals surface area contributed by atoms with E-state index in [1.165, 1.54) is 77.0 Å². The maximum atomic E-state index is 5.80. The average Bonchev–Trinajstić information content (AvgIpc) is 3.17. The fraction of sp³-hybridized carbons (Fsp3) is 1.00. The summed E-state index contributed by atoms with van der Waals surface area (Å²) in [5.74, 6) is 0. The summed E-state index contributed by atoms with van der Waals surface area (Å²) < 4.78 is 61.2. The van der Waals surface area contributed by atoms with Crippen molar-refractivity contribution in [1.82, 2.24) is 5.32 Å². The summed E-state index contributed by atoms with van der Waals surface area (Å²) in [6.45, 7) is 16.4. The van der Waals surface area contributed by atoms with Crippen LogP contribution in [0.2, 0.25) is 0 Å². The molecule has 1 saturated heterocycles. The standard InChI is InChI=1S/C40H81NO11/c1-2-3-4-5-6-7-8-9-10-11-12-13-14-19-42-20-21-43-22-23-44-24-25-45-26-27-46-28-29-47-30-31-48-32-33-49-34-35-50-36-37-51-38-39-52-40-15-17-41-18-16-40/h40-41H,2-39H2,1H3. The van der Waals surface area contributed by atoms with Crippen LogP contribution in [0.1, 0.15) is 103 Å². The first-order valence-corrected chi connectivity index (χ1v) is 21.0. The fourth-order valence-electron chi connectivity index (χ4n) is 5.54. The molecule has 1 rings (SSSR count). The zero-order chi connectivity index (χ0) is 36.9. The number of hydrogen-bond acceptors (Lipinski definition) is 12. The Hall–Kier alpha value is -0.480. The molecule has 0 aliphatic carbocycles. The van der Waals surface area contributed by atoms with E-state index in [1.54, 1.807) is 0 Å². The van der Waals surface area contributed by atoms with Crippen molar-refractivity contribution < 1.29 is 52.1 Å². The Kier molecular flexibility index (Phi) is 42.8. The lowest BCUT2D eigenvalue weighted by atomic mass is 10.0. The van der Waals surface area contributed by atoms with Crippen LogP contribution in [-0.4, -0.2) is 158 Å². The van der Waals surface area contributed by atoms with Crippen molar-refractivity contribution in [2.75, 3.05) is 152 Å². The molecule has 0 saturated carbocycles. The molecule has 0 aromatic heterocycles. The van der Waals surface area contributed by atoms with Gasteiger partial charge in [-0.05, 0) is 32.4 Å². The predicted octanol–water partition coefficient (Wildman–Crippen LogP) is 6.01. The quantitative estimate of drug-likeness (QED) is 0.0736. The van der Waals surface area contributed by atoms with Crippen LogP contribution >= 0.6 is 0 Å². The molecule has 1 fully saturated rings. The van der Waals surface area contributed by atoms with Gasteiger partial charge in [0.15, 0.2) is 0 Å². The Bertz CT molecular complexity index is 647. The average molecular weight is 752 g/mol. The van der Waals surface area contributed by atoms with Crippen LogP contribution in [0.25, 0.3) is 0 Å². The Morgan fingerprint density at radius 3 is 0.865 bits per heavy atom. The van der Waals surface area contributed by atoms with Crippen molar-refractivity contribution in [3.8, 4) is 0 Å². The molecule has 0 spiro atoms. The highest BCUT2D eigenvalue weighted by molar-refractivity contribution is 4.67. The SMILES string of the molecule is CCCCCCCCCCCCCCCOCCOCCOCCOCCOCCOCCOCCOCCOCCOCCOC1CCNCC1. The lowest BCUT2D eigenvalue weighted by Crippen LogP contribution is -2.33. The van der Waals surface area contributed by atoms with Crippen LogP contribution in [-0.2, 0) is 52.1 Å². The highest BCUT2D eigenvalue weighted by Crippen LogP contribution is 2.12. The van der Waals surface area contributed by atoms with Crippen LogP contribution in [0.3, 0.4) is 0 Å². The monoisotopic (exact) mass is 752 g/mol. The van der Waals surface area contributed by atoms with Crippen LogP contribution in [0.15, 0.2) is 0 Å². The summed E-state index contributed by atoms with van der Waals surface area (Å²) >= 11 is 0. The minimum absolute atomic E-state index is 0.375. The first-order valence-electron chi connectivity index (χ1n) is 21.0. The van der Waals surface area contributed by atoms with Gasteiger partial charge >= 0.3 is 0 Å². The fourth-order valence-corrected chi connectivity index (χ4v) is 5.54. The van der Waals surface area contributed by atoms with Gasteiger partial charge in [-0.2, -0.15) is 0 Å². The van der Waals surface area contributed by atoms with E-state index in [0.717, 1.165) is 39.0 Å². The number of ether oxygens (including phenoxy) is 11. The maximum Gasteiger partial charge on any atom is 0.0704 e. The molecule has 1 aliphatic heterocycles. The molecule has 1 N–H and O–H groups in total. The van der Waals surface area contributed by atoms with E-state index in [2.05, 4.69) is 12.2 Å². The molecule has 1 heterocycles. The summed E-state index contributed by atoms with van der Waals surface area (Å²) in [6.07, 6.45) is 20.4. The summed E-state index contributed by atoms with van der Waals surface area (Å²) in [5, 5.41) is 3.33. The van der Waals surface area contributed by atoms with Gasteiger partial charge in [0.05, 0.1) is 138 Å². The number of hydrogen-bond donors (Lipinski definition) is 1. The summed E-state index contributed by atoms with van der Waals surface area (Å²) in [4.78, 5) is 0. The zero-order valence-corrected chi connectivity index (χ0v) is 33.4. The van der Waals surface area contributed by atoms with Gasteiger partial charge in [-0.3, -0.25) is 0 Å². The molecule has 1 aliphatic rings. The van der Waals surface area contributed by atoms with Gasteiger partial charge in [-0.25, -0.2) is 0 Å². The molecule has 0 aromatic carbocycles. The van der Waals surface area contributed by atoms with E-state index in [4.69, 9.17) is 52.1 Å². The summed E-state index contributed by atoms with van der Waals surface area (Å²) in [7, 11) is 0. The van der Waals surface area contributed by atoms with E-state index in [0.29, 0.717) is 138 Å². The smallest absolute Gasteiger partial charge is 0.0704 e. The van der Waals surface area contributed by atoms with Gasteiger partial charge < -0.3 is 57.4 Å². The summed E-state index contributed by atoms with van der Waals surface area (Å²) in [5.41, 5.74) is 0. The molecule has 0 radical (unpaired) electrons. The molecule has 12 nitrogen and oxygen atoms in total. The van der Waals surface area contributed by atoms with E-state index in [9.17, 15) is 0 Å². The zero-order valence-electron chi connectivity index (χ0n) is 33.4. The minimum atomic E-state index is 0.375. The van der Waals surface area contributed by atoms with Crippen LogP contribution in [0.4, 0.5) is 0 Å². The van der Waals surface area contributed by atoms with Gasteiger partial charge in [0, 0.05) is 6.61 Å². The van der Waals surface area contributed by atoms with Crippen LogP contribution in [0, 0.1) is 0 Å². The van der Waals surface area contributed by atoms with Crippen LogP contribution in [0.5, 0.6) is 0 Å². The number of piperidine rings is 1. The lowest BCUT2D eigenvalue weighted by Gasteiger charge is -2.22. The molecule has 0 amide bonds. The second-order valence-electron chi connectivity index (χ2n) is 13.2. The van der Waals surface area contributed by atoms with Gasteiger partial charge in [0.2, 0.25) is 0 Å². The molecule has 0 atom stereocenters. The maximum absolute atomic E-state index is 5.80. The second kappa shape index (κ2) is 44.9. The molecule has 0 bridgehead atoms. The molecule has 0 unspecified atom stereocenters. The van der Waals surface area contributed by atoms with Gasteiger partial charge in [-0.15, -0.1) is 0 Å². The Labute approximate surface area is 318 Å². The number of rotatable bonds is 45. The van der Waals surface area contributed by atoms with Crippen LogP contribution < -0.4 is 5.32 Å². The van der Waals surface area contributed by atoms with Gasteiger partial charge in [-0.1, -0.05) is 84.0 Å². The highest BCUT2D eigenvalue weighted by Gasteiger charge is 2.12. The number of nitrogens with one attached hydrogen (secondary N) is 1. The molecule has 0 aromatic rings. The van der Waals surface area contributed by atoms with E-state index in [1.807, 2.05) is 0 Å². The van der Waals surface area contributed by atoms with Crippen molar-refractivity contribution in [2.24, 2.45) is 0 Å². The van der Waals surface area contributed by atoms with Crippen molar-refractivity contribution in [3.63, 3.8) is 0 Å². The van der Waals surface area contributed by atoms with Crippen molar-refractivity contribution in [2.45, 2.75) is 109 Å². The summed E-state index contributed by atoms with van der Waals surface area (Å²) in [6, 6.07) is 0. The van der Waals surface area contributed by atoms with Gasteiger partial charge in [0.1, 0.15) is 0 Å². The Morgan fingerprint density at radius 2 is 0.558 bits per heavy atom. The highest BCUT2D eigenvalue weighted by atomic mass is 16.6. The molecule has 52 heavy (non-hydrogen) atoms. The van der Waals surface area contributed by atoms with Gasteiger partial charge in [0.25, 0.3) is 0 Å². The minimum Gasteiger partial charge on any atom is -0.379 e. The largest absolute Gasteiger partial charge is 0.379 e. The lowest BCUT2D eigenvalue weighted by molar-refractivity contribution is -0.0324. The molecular formula is C40H81NO11. The van der Waals surface area contributed by atoms with Crippen molar-refractivity contribution in [1.29, 1.82) is 0 Å². The number of unbranched alkanes of at least 4 members (excludes halogenated alkanes) is 12.